The zero-order valence-corrected chi connectivity index (χ0v) is 17.2. The van der Waals surface area contributed by atoms with Gasteiger partial charge in [0.15, 0.2) is 5.82 Å². The maximum Gasteiger partial charge on any atom is 0.415 e. The van der Waals surface area contributed by atoms with Gasteiger partial charge in [-0.3, -0.25) is 4.90 Å². The number of carbonyl (C=O) groups excluding carboxylic acids is 1. The molecule has 4 rings (SSSR count). The van der Waals surface area contributed by atoms with Gasteiger partial charge in [-0.25, -0.2) is 9.78 Å². The van der Waals surface area contributed by atoms with Crippen LogP contribution in [-0.2, 0) is 4.74 Å². The predicted octanol–water partition coefficient (Wildman–Crippen LogP) is 4.06. The Morgan fingerprint density at radius 1 is 1.17 bits per heavy atom. The first-order valence-corrected chi connectivity index (χ1v) is 10.4. The molecular weight excluding hydrogens is 372 g/mol. The molecule has 2 aromatic heterocycles. The van der Waals surface area contributed by atoms with Gasteiger partial charge in [0.05, 0.1) is 6.04 Å². The average molecular weight is 400 g/mol. The summed E-state index contributed by atoms with van der Waals surface area (Å²) in [6.45, 7) is 6.41. The van der Waals surface area contributed by atoms with Crippen molar-refractivity contribution in [3.63, 3.8) is 0 Å². The third kappa shape index (κ3) is 4.18. The maximum atomic E-state index is 12.2. The Morgan fingerprint density at radius 2 is 1.97 bits per heavy atom. The van der Waals surface area contributed by atoms with Crippen LogP contribution < -0.4 is 10.2 Å². The topological polar surface area (TPSA) is 106 Å². The number of aromatic nitrogens is 4. The Hall–Kier alpha value is -2.71. The van der Waals surface area contributed by atoms with Crippen molar-refractivity contribution in [2.75, 3.05) is 16.8 Å². The molecule has 0 bridgehead atoms. The second-order valence-electron chi connectivity index (χ2n) is 8.19. The Kier molecular flexibility index (Phi) is 5.64. The molecule has 3 heterocycles. The molecule has 156 valence electrons. The number of ether oxygens (including phenoxy) is 1. The third-order valence-electron chi connectivity index (χ3n) is 5.71. The first-order chi connectivity index (χ1) is 14.0. The minimum Gasteiger partial charge on any atom is -0.447 e. The molecule has 1 aliphatic carbocycles. The van der Waals surface area contributed by atoms with Crippen LogP contribution in [0.15, 0.2) is 16.8 Å². The number of nitrogens with one attached hydrogen (secondary N) is 1. The highest BCUT2D eigenvalue weighted by atomic mass is 16.6. The van der Waals surface area contributed by atoms with Crippen LogP contribution in [0.1, 0.15) is 76.6 Å². The van der Waals surface area contributed by atoms with E-state index in [1.165, 1.54) is 19.3 Å². The van der Waals surface area contributed by atoms with Gasteiger partial charge in [-0.15, -0.1) is 0 Å². The molecule has 1 aliphatic heterocycles. The van der Waals surface area contributed by atoms with Crippen molar-refractivity contribution in [3.8, 4) is 0 Å². The quantitative estimate of drug-likeness (QED) is 0.774. The summed E-state index contributed by atoms with van der Waals surface area (Å²) in [5.41, 5.74) is 0. The number of amides is 1. The monoisotopic (exact) mass is 400 g/mol. The molecule has 1 saturated carbocycles. The molecule has 2 fully saturated rings. The lowest BCUT2D eigenvalue weighted by molar-refractivity contribution is 0.177. The highest BCUT2D eigenvalue weighted by molar-refractivity contribution is 5.89. The van der Waals surface area contributed by atoms with Gasteiger partial charge in [-0.2, -0.15) is 9.97 Å². The maximum absolute atomic E-state index is 12.2. The van der Waals surface area contributed by atoms with Crippen LogP contribution in [0.2, 0.25) is 0 Å². The van der Waals surface area contributed by atoms with Gasteiger partial charge in [0, 0.05) is 12.1 Å². The van der Waals surface area contributed by atoms with Gasteiger partial charge in [-0.05, 0) is 31.7 Å². The van der Waals surface area contributed by atoms with Crippen LogP contribution in [0.5, 0.6) is 0 Å². The van der Waals surface area contributed by atoms with Gasteiger partial charge in [0.2, 0.25) is 11.8 Å². The van der Waals surface area contributed by atoms with Crippen LogP contribution >= 0.6 is 0 Å². The van der Waals surface area contributed by atoms with Gasteiger partial charge < -0.3 is 14.6 Å². The number of rotatable bonds is 6. The van der Waals surface area contributed by atoms with Crippen LogP contribution in [0.4, 0.5) is 16.6 Å². The van der Waals surface area contributed by atoms with Gasteiger partial charge in [0.1, 0.15) is 18.5 Å². The lowest BCUT2D eigenvalue weighted by atomic mass is 9.89. The van der Waals surface area contributed by atoms with E-state index in [0.717, 1.165) is 18.7 Å². The van der Waals surface area contributed by atoms with E-state index in [9.17, 15) is 4.79 Å². The Bertz CT molecular complexity index is 848. The molecule has 0 unspecified atom stereocenters. The highest BCUT2D eigenvalue weighted by Crippen LogP contribution is 2.32. The zero-order chi connectivity index (χ0) is 20.4. The van der Waals surface area contributed by atoms with E-state index < -0.39 is 0 Å². The fraction of sp³-hybridized carbons (Fsp3) is 0.650. The van der Waals surface area contributed by atoms with Crippen LogP contribution in [0.25, 0.3) is 0 Å². The molecule has 0 radical (unpaired) electrons. The Balaban J connectivity index is 1.46. The van der Waals surface area contributed by atoms with E-state index in [1.54, 1.807) is 17.2 Å². The average Bonchev–Trinajstić information content (AvgIpc) is 3.36. The second-order valence-corrected chi connectivity index (χ2v) is 8.19. The minimum absolute atomic E-state index is 0.0448. The van der Waals surface area contributed by atoms with Crippen molar-refractivity contribution in [2.24, 2.45) is 5.92 Å². The van der Waals surface area contributed by atoms with Crippen molar-refractivity contribution in [1.82, 2.24) is 20.1 Å². The summed E-state index contributed by atoms with van der Waals surface area (Å²) < 4.78 is 10.7. The summed E-state index contributed by atoms with van der Waals surface area (Å²) in [7, 11) is 0. The fourth-order valence-electron chi connectivity index (χ4n) is 3.95. The number of anilines is 2. The van der Waals surface area contributed by atoms with E-state index in [2.05, 4.69) is 39.3 Å². The molecule has 9 heteroatoms. The first-order valence-electron chi connectivity index (χ1n) is 10.4. The third-order valence-corrected chi connectivity index (χ3v) is 5.71. The van der Waals surface area contributed by atoms with E-state index in [-0.39, 0.29) is 24.1 Å². The Labute approximate surface area is 170 Å². The summed E-state index contributed by atoms with van der Waals surface area (Å²) in [4.78, 5) is 27.2. The summed E-state index contributed by atoms with van der Waals surface area (Å²) in [6.07, 6.45) is 7.22. The molecule has 2 aliphatic rings. The standard InChI is InChI=1S/C20H28N6O3/c1-12(2)15-11-28-20(27)26(15)16-9-10-21-19(23-16)22-13(3)18-24-17(25-29-18)14-7-5-4-6-8-14/h9-10,12-15H,4-8,11H2,1-3H3,(H,21,22,23)/t13-,15-/m1/s1. The molecule has 0 spiro atoms. The van der Waals surface area contributed by atoms with Crippen LogP contribution in [0, 0.1) is 5.92 Å². The molecule has 1 saturated heterocycles. The fourth-order valence-corrected chi connectivity index (χ4v) is 3.95. The number of hydrogen-bond donors (Lipinski definition) is 1. The minimum atomic E-state index is -0.379. The summed E-state index contributed by atoms with van der Waals surface area (Å²) in [5, 5.41) is 7.39. The Morgan fingerprint density at radius 3 is 2.72 bits per heavy atom. The molecular formula is C20H28N6O3. The normalized spacial score (nSPS) is 21.4. The van der Waals surface area contributed by atoms with Crippen LogP contribution in [-0.4, -0.2) is 38.9 Å². The number of cyclic esters (lactones) is 1. The molecule has 1 N–H and O–H groups in total. The van der Waals surface area contributed by atoms with Gasteiger partial charge in [-0.1, -0.05) is 38.3 Å². The summed E-state index contributed by atoms with van der Waals surface area (Å²) in [6, 6.07) is 1.42. The molecule has 9 nitrogen and oxygen atoms in total. The second kappa shape index (κ2) is 8.34. The lowest BCUT2D eigenvalue weighted by Gasteiger charge is -2.23. The largest absolute Gasteiger partial charge is 0.447 e. The molecule has 29 heavy (non-hydrogen) atoms. The van der Waals surface area contributed by atoms with Crippen molar-refractivity contribution in [1.29, 1.82) is 0 Å². The molecule has 2 atom stereocenters. The van der Waals surface area contributed by atoms with E-state index >= 15 is 0 Å². The smallest absolute Gasteiger partial charge is 0.415 e. The predicted molar refractivity (Wildman–Crippen MR) is 107 cm³/mol. The van der Waals surface area contributed by atoms with Gasteiger partial charge >= 0.3 is 6.09 Å². The summed E-state index contributed by atoms with van der Waals surface area (Å²) >= 11 is 0. The highest BCUT2D eigenvalue weighted by Gasteiger charge is 2.37. The van der Waals surface area contributed by atoms with Gasteiger partial charge in [0.25, 0.3) is 0 Å². The number of nitrogens with zero attached hydrogens (tertiary/aromatic N) is 5. The molecule has 0 aromatic carbocycles. The van der Waals surface area contributed by atoms with Crippen molar-refractivity contribution < 1.29 is 14.1 Å². The number of hydrogen-bond acceptors (Lipinski definition) is 8. The van der Waals surface area contributed by atoms with Crippen molar-refractivity contribution >= 4 is 17.9 Å². The van der Waals surface area contributed by atoms with E-state index in [1.807, 2.05) is 6.92 Å². The molecule has 1 amide bonds. The number of carbonyl (C=O) groups is 1. The van der Waals surface area contributed by atoms with Crippen LogP contribution in [0.3, 0.4) is 0 Å². The van der Waals surface area contributed by atoms with E-state index in [0.29, 0.717) is 30.2 Å². The zero-order valence-electron chi connectivity index (χ0n) is 17.2. The van der Waals surface area contributed by atoms with E-state index in [4.69, 9.17) is 9.26 Å². The first kappa shape index (κ1) is 19.6. The molecule has 2 aromatic rings. The lowest BCUT2D eigenvalue weighted by Crippen LogP contribution is -2.37. The van der Waals surface area contributed by atoms with Crippen molar-refractivity contribution in [2.45, 2.75) is 70.9 Å². The summed E-state index contributed by atoms with van der Waals surface area (Å²) in [5.74, 6) is 2.87. The van der Waals surface area contributed by atoms with Crippen molar-refractivity contribution in [3.05, 3.63) is 24.0 Å². The SMILES string of the molecule is CC(C)[C@H]1COC(=O)N1c1ccnc(N[C@H](C)c2nc(C3CCCCC3)no2)n1.